The minimum Gasteiger partial charge on any atom is -0.312 e. The fraction of sp³-hybridized carbons (Fsp3) is 0.0455. The summed E-state index contributed by atoms with van der Waals surface area (Å²) in [5.41, 5.74) is 2.33. The number of nitro groups is 1. The third-order valence-electron chi connectivity index (χ3n) is 4.62. The lowest BCUT2D eigenvalue weighted by Crippen LogP contribution is -2.06. The summed E-state index contributed by atoms with van der Waals surface area (Å²) >= 11 is 1.26. The fourth-order valence-corrected chi connectivity index (χ4v) is 4.39. The molecule has 2 heterocycles. The number of benzene rings is 2. The summed E-state index contributed by atoms with van der Waals surface area (Å²) in [6.07, 6.45) is 1.78. The second-order valence-corrected chi connectivity index (χ2v) is 7.47. The van der Waals surface area contributed by atoms with Gasteiger partial charge in [0.05, 0.1) is 21.0 Å². The van der Waals surface area contributed by atoms with Crippen LogP contribution >= 0.6 is 11.8 Å². The number of halogens is 1. The van der Waals surface area contributed by atoms with Crippen LogP contribution in [0.25, 0.3) is 5.52 Å². The van der Waals surface area contributed by atoms with Crippen LogP contribution in [0, 0.1) is 22.9 Å². The summed E-state index contributed by atoms with van der Waals surface area (Å²) in [5, 5.41) is 11.4. The molecule has 0 radical (unpaired) electrons. The number of carbonyl (C=O) groups excluding carboxylic acids is 1. The summed E-state index contributed by atoms with van der Waals surface area (Å²) in [7, 11) is 0. The van der Waals surface area contributed by atoms with Gasteiger partial charge in [0.2, 0.25) is 5.78 Å². The largest absolute Gasteiger partial charge is 0.312 e. The van der Waals surface area contributed by atoms with Crippen LogP contribution in [0.2, 0.25) is 0 Å². The van der Waals surface area contributed by atoms with E-state index in [1.807, 2.05) is 25.1 Å². The standard InChI is InChI=1S/C22H15FN2O3S/c1-14-20(21(26)15-9-11-16(23)12-10-15)24-13-5-4-7-18(24)22(14)29-19-8-3-2-6-17(19)25(27)28/h2-13H,1H3. The van der Waals surface area contributed by atoms with Crippen LogP contribution in [0.5, 0.6) is 0 Å². The Morgan fingerprint density at radius 1 is 1.03 bits per heavy atom. The summed E-state index contributed by atoms with van der Waals surface area (Å²) in [6, 6.07) is 17.5. The van der Waals surface area contributed by atoms with Crippen molar-refractivity contribution in [1.29, 1.82) is 0 Å². The normalized spacial score (nSPS) is 11.0. The van der Waals surface area contributed by atoms with E-state index in [2.05, 4.69) is 0 Å². The predicted molar refractivity (Wildman–Crippen MR) is 109 cm³/mol. The van der Waals surface area contributed by atoms with Gasteiger partial charge in [0.25, 0.3) is 5.69 Å². The van der Waals surface area contributed by atoms with Gasteiger partial charge >= 0.3 is 0 Å². The maximum Gasteiger partial charge on any atom is 0.283 e. The van der Waals surface area contributed by atoms with E-state index in [1.54, 1.807) is 28.8 Å². The molecule has 0 saturated carbocycles. The quantitative estimate of drug-likeness (QED) is 0.243. The molecule has 7 heteroatoms. The van der Waals surface area contributed by atoms with Crippen LogP contribution in [-0.4, -0.2) is 15.1 Å². The van der Waals surface area contributed by atoms with Crippen molar-refractivity contribution in [3.05, 3.63) is 106 Å². The van der Waals surface area contributed by atoms with Crippen molar-refractivity contribution in [2.75, 3.05) is 0 Å². The number of nitro benzene ring substituents is 1. The van der Waals surface area contributed by atoms with Crippen molar-refractivity contribution >= 4 is 28.7 Å². The lowest BCUT2D eigenvalue weighted by atomic mass is 10.1. The third kappa shape index (κ3) is 3.40. The molecule has 0 fully saturated rings. The summed E-state index contributed by atoms with van der Waals surface area (Å²) in [4.78, 5) is 25.4. The number of fused-ring (bicyclic) bond motifs is 1. The maximum absolute atomic E-state index is 13.3. The lowest BCUT2D eigenvalue weighted by molar-refractivity contribution is -0.387. The van der Waals surface area contributed by atoms with Crippen molar-refractivity contribution in [3.63, 3.8) is 0 Å². The SMILES string of the molecule is Cc1c(Sc2ccccc2[N+](=O)[O-])c2ccccn2c1C(=O)c1ccc(F)cc1. The van der Waals surface area contributed by atoms with Gasteiger partial charge in [0, 0.05) is 22.7 Å². The van der Waals surface area contributed by atoms with Gasteiger partial charge in [-0.1, -0.05) is 30.0 Å². The molecule has 0 saturated heterocycles. The van der Waals surface area contributed by atoms with E-state index in [0.29, 0.717) is 21.7 Å². The van der Waals surface area contributed by atoms with Crippen molar-refractivity contribution < 1.29 is 14.1 Å². The van der Waals surface area contributed by atoms with Gasteiger partial charge in [-0.05, 0) is 55.0 Å². The number of aromatic nitrogens is 1. The first-order valence-corrected chi connectivity index (χ1v) is 9.60. The summed E-state index contributed by atoms with van der Waals surface area (Å²) in [5.74, 6) is -0.649. The number of rotatable bonds is 5. The van der Waals surface area contributed by atoms with Gasteiger partial charge < -0.3 is 4.40 Å². The van der Waals surface area contributed by atoms with Crippen molar-refractivity contribution in [3.8, 4) is 0 Å². The summed E-state index contributed by atoms with van der Waals surface area (Å²) < 4.78 is 15.0. The van der Waals surface area contributed by atoms with Crippen LogP contribution < -0.4 is 0 Å². The lowest BCUT2D eigenvalue weighted by Gasteiger charge is -2.04. The zero-order valence-electron chi connectivity index (χ0n) is 15.3. The molecule has 4 aromatic rings. The molecule has 0 spiro atoms. The van der Waals surface area contributed by atoms with E-state index >= 15 is 0 Å². The number of hydrogen-bond acceptors (Lipinski definition) is 4. The topological polar surface area (TPSA) is 64.6 Å². The molecule has 29 heavy (non-hydrogen) atoms. The van der Waals surface area contributed by atoms with Crippen molar-refractivity contribution in [2.24, 2.45) is 0 Å². The Morgan fingerprint density at radius 2 is 1.72 bits per heavy atom. The first kappa shape index (κ1) is 18.9. The number of pyridine rings is 1. The highest BCUT2D eigenvalue weighted by Crippen LogP contribution is 2.41. The molecule has 0 atom stereocenters. The smallest absolute Gasteiger partial charge is 0.283 e. The molecule has 0 aliphatic carbocycles. The minimum atomic E-state index is -0.416. The number of para-hydroxylation sites is 1. The Morgan fingerprint density at radius 3 is 2.45 bits per heavy atom. The van der Waals surface area contributed by atoms with Crippen LogP contribution in [0.4, 0.5) is 10.1 Å². The van der Waals surface area contributed by atoms with E-state index in [0.717, 1.165) is 10.4 Å². The molecule has 0 aliphatic heterocycles. The average Bonchev–Trinajstić information content (AvgIpc) is 3.00. The molecular weight excluding hydrogens is 391 g/mol. The van der Waals surface area contributed by atoms with Crippen LogP contribution in [0.1, 0.15) is 21.6 Å². The highest BCUT2D eigenvalue weighted by atomic mass is 32.2. The predicted octanol–water partition coefficient (Wildman–Crippen LogP) is 5.68. The number of ketones is 1. The Balaban J connectivity index is 1.87. The van der Waals surface area contributed by atoms with Gasteiger partial charge in [-0.2, -0.15) is 0 Å². The summed E-state index contributed by atoms with van der Waals surface area (Å²) in [6.45, 7) is 1.82. The molecular formula is C22H15FN2O3S. The molecule has 0 N–H and O–H groups in total. The van der Waals surface area contributed by atoms with Gasteiger partial charge in [0.15, 0.2) is 0 Å². The second kappa shape index (κ2) is 7.52. The monoisotopic (exact) mass is 406 g/mol. The number of hydrogen-bond donors (Lipinski definition) is 0. The molecule has 144 valence electrons. The second-order valence-electron chi connectivity index (χ2n) is 6.42. The van der Waals surface area contributed by atoms with E-state index in [1.165, 1.54) is 42.1 Å². The third-order valence-corrected chi connectivity index (χ3v) is 5.91. The highest BCUT2D eigenvalue weighted by Gasteiger charge is 2.24. The molecule has 4 rings (SSSR count). The fourth-order valence-electron chi connectivity index (χ4n) is 3.25. The molecule has 0 bridgehead atoms. The van der Waals surface area contributed by atoms with Crippen LogP contribution in [0.3, 0.4) is 0 Å². The Bertz CT molecular complexity index is 1250. The van der Waals surface area contributed by atoms with Gasteiger partial charge in [-0.15, -0.1) is 0 Å². The molecule has 5 nitrogen and oxygen atoms in total. The van der Waals surface area contributed by atoms with Gasteiger partial charge in [-0.3, -0.25) is 14.9 Å². The van der Waals surface area contributed by atoms with Crippen LogP contribution in [-0.2, 0) is 0 Å². The van der Waals surface area contributed by atoms with E-state index in [9.17, 15) is 19.3 Å². The minimum absolute atomic E-state index is 0.0126. The van der Waals surface area contributed by atoms with E-state index < -0.39 is 10.7 Å². The highest BCUT2D eigenvalue weighted by molar-refractivity contribution is 7.99. The van der Waals surface area contributed by atoms with Crippen molar-refractivity contribution in [1.82, 2.24) is 4.40 Å². The van der Waals surface area contributed by atoms with Crippen LogP contribution in [0.15, 0.2) is 82.7 Å². The first-order chi connectivity index (χ1) is 14.0. The van der Waals surface area contributed by atoms with Gasteiger partial charge in [0.1, 0.15) is 5.82 Å². The molecule has 0 amide bonds. The Kier molecular flexibility index (Phi) is 4.90. The van der Waals surface area contributed by atoms with E-state index in [4.69, 9.17) is 0 Å². The van der Waals surface area contributed by atoms with E-state index in [-0.39, 0.29) is 11.5 Å². The Labute approximate surface area is 169 Å². The zero-order chi connectivity index (χ0) is 20.5. The Hall–Kier alpha value is -3.45. The molecule has 2 aromatic carbocycles. The molecule has 2 aromatic heterocycles. The van der Waals surface area contributed by atoms with Gasteiger partial charge in [-0.25, -0.2) is 4.39 Å². The molecule has 0 aliphatic rings. The average molecular weight is 406 g/mol. The van der Waals surface area contributed by atoms with Crippen molar-refractivity contribution in [2.45, 2.75) is 16.7 Å². The number of nitrogens with zero attached hydrogens (tertiary/aromatic N) is 2. The number of carbonyl (C=O) groups is 1. The molecule has 0 unspecified atom stereocenters. The zero-order valence-corrected chi connectivity index (χ0v) is 16.2. The first-order valence-electron chi connectivity index (χ1n) is 8.78. The maximum atomic E-state index is 13.3.